The Bertz CT molecular complexity index is 697. The third-order valence-corrected chi connectivity index (χ3v) is 3.07. The first-order chi connectivity index (χ1) is 11.7. The Morgan fingerprint density at radius 3 is 2.46 bits per heavy atom. The van der Waals surface area contributed by atoms with Gasteiger partial charge in [0.2, 0.25) is 5.91 Å². The van der Waals surface area contributed by atoms with Crippen LogP contribution in [0, 0.1) is 0 Å². The van der Waals surface area contributed by atoms with Crippen LogP contribution in [0.5, 0.6) is 5.75 Å². The maximum atomic E-state index is 11.7. The molecule has 0 spiro atoms. The van der Waals surface area contributed by atoms with Crippen molar-refractivity contribution < 1.29 is 19.1 Å². The minimum Gasteiger partial charge on any atom is -0.482 e. The second-order valence-corrected chi connectivity index (χ2v) is 4.89. The summed E-state index contributed by atoms with van der Waals surface area (Å²) >= 11 is 0. The van der Waals surface area contributed by atoms with Gasteiger partial charge in [-0.1, -0.05) is 30.3 Å². The van der Waals surface area contributed by atoms with Crippen molar-refractivity contribution in [2.75, 3.05) is 13.7 Å². The average Bonchev–Trinajstić information content (AvgIpc) is 2.61. The van der Waals surface area contributed by atoms with Crippen molar-refractivity contribution in [2.24, 2.45) is 5.10 Å². The standard InChI is InChI=1S/C18H18N2O4/c1-23-18(22)13-24-16-9-7-15(8-10-16)12-19-20-17(21)11-14-5-3-2-4-6-14/h2-10,12H,11,13H2,1H3,(H,20,21)/b19-12+. The molecule has 124 valence electrons. The molecule has 2 rings (SSSR count). The van der Waals surface area contributed by atoms with Gasteiger partial charge >= 0.3 is 5.97 Å². The van der Waals surface area contributed by atoms with E-state index in [0.29, 0.717) is 5.75 Å². The van der Waals surface area contributed by atoms with E-state index in [1.165, 1.54) is 13.3 Å². The number of carbonyl (C=O) groups excluding carboxylic acids is 2. The number of nitrogens with one attached hydrogen (secondary N) is 1. The van der Waals surface area contributed by atoms with Gasteiger partial charge in [0.1, 0.15) is 5.75 Å². The molecule has 0 aliphatic rings. The van der Waals surface area contributed by atoms with E-state index in [1.807, 2.05) is 30.3 Å². The Labute approximate surface area is 140 Å². The van der Waals surface area contributed by atoms with Gasteiger partial charge in [-0.05, 0) is 35.4 Å². The zero-order valence-electron chi connectivity index (χ0n) is 13.3. The van der Waals surface area contributed by atoms with Gasteiger partial charge in [-0.15, -0.1) is 0 Å². The van der Waals surface area contributed by atoms with Gasteiger partial charge in [-0.25, -0.2) is 10.2 Å². The fourth-order valence-corrected chi connectivity index (χ4v) is 1.85. The summed E-state index contributed by atoms with van der Waals surface area (Å²) in [4.78, 5) is 22.7. The van der Waals surface area contributed by atoms with Gasteiger partial charge in [-0.2, -0.15) is 5.10 Å². The first-order valence-electron chi connectivity index (χ1n) is 7.33. The molecule has 0 aliphatic carbocycles. The number of hydrogen-bond donors (Lipinski definition) is 1. The van der Waals surface area contributed by atoms with Crippen LogP contribution in [0.2, 0.25) is 0 Å². The van der Waals surface area contributed by atoms with Crippen molar-refractivity contribution in [3.63, 3.8) is 0 Å². The van der Waals surface area contributed by atoms with Crippen LogP contribution in [0.15, 0.2) is 59.7 Å². The van der Waals surface area contributed by atoms with E-state index in [1.54, 1.807) is 24.3 Å². The molecule has 1 N–H and O–H groups in total. The van der Waals surface area contributed by atoms with Crippen LogP contribution in [0.1, 0.15) is 11.1 Å². The van der Waals surface area contributed by atoms with Crippen molar-refractivity contribution >= 4 is 18.1 Å². The summed E-state index contributed by atoms with van der Waals surface area (Å²) in [6, 6.07) is 16.4. The fourth-order valence-electron chi connectivity index (χ4n) is 1.85. The van der Waals surface area contributed by atoms with Crippen molar-refractivity contribution in [1.29, 1.82) is 0 Å². The number of hydrogen-bond acceptors (Lipinski definition) is 5. The lowest BCUT2D eigenvalue weighted by Crippen LogP contribution is -2.19. The van der Waals surface area contributed by atoms with E-state index >= 15 is 0 Å². The summed E-state index contributed by atoms with van der Waals surface area (Å²) < 4.78 is 9.72. The van der Waals surface area contributed by atoms with Crippen molar-refractivity contribution in [3.8, 4) is 5.75 Å². The highest BCUT2D eigenvalue weighted by Crippen LogP contribution is 2.11. The molecule has 1 amide bonds. The Balaban J connectivity index is 1.79. The summed E-state index contributed by atoms with van der Waals surface area (Å²) in [6.07, 6.45) is 1.81. The highest BCUT2D eigenvalue weighted by molar-refractivity contribution is 5.83. The molecule has 0 aliphatic heterocycles. The monoisotopic (exact) mass is 326 g/mol. The van der Waals surface area contributed by atoms with Crippen molar-refractivity contribution in [3.05, 3.63) is 65.7 Å². The highest BCUT2D eigenvalue weighted by Gasteiger charge is 2.02. The van der Waals surface area contributed by atoms with Crippen molar-refractivity contribution in [1.82, 2.24) is 5.43 Å². The molecule has 0 unspecified atom stereocenters. The summed E-state index contributed by atoms with van der Waals surface area (Å²) in [5.74, 6) is -0.0806. The third kappa shape index (κ3) is 5.92. The number of amides is 1. The van der Waals surface area contributed by atoms with E-state index in [-0.39, 0.29) is 18.9 Å². The van der Waals surface area contributed by atoms with Crippen LogP contribution in [0.3, 0.4) is 0 Å². The van der Waals surface area contributed by atoms with Gasteiger partial charge in [0.25, 0.3) is 0 Å². The molecule has 0 saturated carbocycles. The molecule has 6 nitrogen and oxygen atoms in total. The van der Waals surface area contributed by atoms with E-state index in [4.69, 9.17) is 4.74 Å². The number of rotatable bonds is 7. The number of methoxy groups -OCH3 is 1. The molecule has 24 heavy (non-hydrogen) atoms. The second kappa shape index (κ2) is 9.09. The maximum absolute atomic E-state index is 11.7. The summed E-state index contributed by atoms with van der Waals surface area (Å²) in [5.41, 5.74) is 4.20. The molecule has 0 heterocycles. The molecule has 2 aromatic rings. The smallest absolute Gasteiger partial charge is 0.343 e. The lowest BCUT2D eigenvalue weighted by atomic mass is 10.1. The van der Waals surface area contributed by atoms with Crippen molar-refractivity contribution in [2.45, 2.75) is 6.42 Å². The number of ether oxygens (including phenoxy) is 2. The van der Waals surface area contributed by atoms with Gasteiger partial charge in [0, 0.05) is 0 Å². The second-order valence-electron chi connectivity index (χ2n) is 4.89. The molecule has 0 atom stereocenters. The molecule has 2 aromatic carbocycles. The van der Waals surface area contributed by atoms with Crippen LogP contribution >= 0.6 is 0 Å². The predicted octanol–water partition coefficient (Wildman–Crippen LogP) is 1.93. The number of nitrogens with zero attached hydrogens (tertiary/aromatic N) is 1. The minimum absolute atomic E-state index is 0.139. The lowest BCUT2D eigenvalue weighted by molar-refractivity contribution is -0.142. The lowest BCUT2D eigenvalue weighted by Gasteiger charge is -2.04. The first-order valence-corrected chi connectivity index (χ1v) is 7.33. The molecular weight excluding hydrogens is 308 g/mol. The van der Waals surface area contributed by atoms with Crippen LogP contribution in [0.4, 0.5) is 0 Å². The van der Waals surface area contributed by atoms with Gasteiger partial charge in [0.05, 0.1) is 19.7 Å². The van der Waals surface area contributed by atoms with Gasteiger partial charge in [-0.3, -0.25) is 4.79 Å². The largest absolute Gasteiger partial charge is 0.482 e. The Kier molecular flexibility index (Phi) is 6.52. The molecule has 6 heteroatoms. The normalized spacial score (nSPS) is 10.4. The highest BCUT2D eigenvalue weighted by atomic mass is 16.6. The van der Waals surface area contributed by atoms with E-state index in [2.05, 4.69) is 15.3 Å². The van der Waals surface area contributed by atoms with Crippen LogP contribution in [-0.2, 0) is 20.7 Å². The van der Waals surface area contributed by atoms with Gasteiger partial charge in [0.15, 0.2) is 6.61 Å². The molecule has 0 radical (unpaired) electrons. The quantitative estimate of drug-likeness (QED) is 0.479. The van der Waals surface area contributed by atoms with Crippen LogP contribution in [-0.4, -0.2) is 31.8 Å². The topological polar surface area (TPSA) is 77.0 Å². The zero-order chi connectivity index (χ0) is 17.2. The predicted molar refractivity (Wildman–Crippen MR) is 89.8 cm³/mol. The Hall–Kier alpha value is -3.15. The van der Waals surface area contributed by atoms with E-state index in [0.717, 1.165) is 11.1 Å². The minimum atomic E-state index is -0.443. The summed E-state index contributed by atoms with van der Waals surface area (Å²) in [6.45, 7) is -0.139. The average molecular weight is 326 g/mol. The number of benzene rings is 2. The SMILES string of the molecule is COC(=O)COc1ccc(/C=N/NC(=O)Cc2ccccc2)cc1. The van der Waals surface area contributed by atoms with E-state index < -0.39 is 5.97 Å². The third-order valence-electron chi connectivity index (χ3n) is 3.07. The maximum Gasteiger partial charge on any atom is 0.343 e. The van der Waals surface area contributed by atoms with Gasteiger partial charge < -0.3 is 9.47 Å². The molecular formula is C18H18N2O4. The Morgan fingerprint density at radius 1 is 1.08 bits per heavy atom. The summed E-state index contributed by atoms with van der Waals surface area (Å²) in [7, 11) is 1.30. The molecule has 0 fully saturated rings. The van der Waals surface area contributed by atoms with Crippen LogP contribution in [0.25, 0.3) is 0 Å². The fraction of sp³-hybridized carbons (Fsp3) is 0.167. The number of hydrazone groups is 1. The molecule has 0 aromatic heterocycles. The van der Waals surface area contributed by atoms with E-state index in [9.17, 15) is 9.59 Å². The molecule has 0 saturated heterocycles. The Morgan fingerprint density at radius 2 is 1.79 bits per heavy atom. The van der Waals surface area contributed by atoms with Crippen LogP contribution < -0.4 is 10.2 Å². The molecule has 0 bridgehead atoms. The summed E-state index contributed by atoms with van der Waals surface area (Å²) in [5, 5.41) is 3.92. The number of esters is 1. The zero-order valence-corrected chi connectivity index (χ0v) is 13.3. The first kappa shape index (κ1) is 17.2. The number of carbonyl (C=O) groups is 2.